The van der Waals surface area contributed by atoms with Crippen molar-refractivity contribution >= 4 is 17.4 Å². The molecule has 0 N–H and O–H groups in total. The summed E-state index contributed by atoms with van der Waals surface area (Å²) in [5.74, 6) is 0.814. The number of fused-ring (bicyclic) bond motifs is 1. The van der Waals surface area contributed by atoms with Crippen LogP contribution in [0.3, 0.4) is 0 Å². The van der Waals surface area contributed by atoms with E-state index in [1.807, 2.05) is 0 Å². The highest BCUT2D eigenvalue weighted by Crippen LogP contribution is 2.46. The first-order valence-electron chi connectivity index (χ1n) is 4.96. The standard InChI is InChI=1S/C10H15ClO/c11-10-7-2-1-4-8(10)5-3-6-9(10)12/h8H,1-7H2/i9+1. The van der Waals surface area contributed by atoms with Crippen LogP contribution in [-0.2, 0) is 4.79 Å². The van der Waals surface area contributed by atoms with Gasteiger partial charge in [-0.3, -0.25) is 4.79 Å². The topological polar surface area (TPSA) is 17.1 Å². The Bertz CT molecular complexity index is 200. The van der Waals surface area contributed by atoms with E-state index in [1.165, 1.54) is 19.3 Å². The number of halogens is 1. The summed E-state index contributed by atoms with van der Waals surface area (Å²) in [5, 5.41) is 0. The summed E-state index contributed by atoms with van der Waals surface area (Å²) in [4.78, 5) is 11.2. The second kappa shape index (κ2) is 3.02. The smallest absolute Gasteiger partial charge is 0.154 e. The molecule has 0 heterocycles. The van der Waals surface area contributed by atoms with Crippen molar-refractivity contribution in [2.75, 3.05) is 0 Å². The van der Waals surface area contributed by atoms with Crippen molar-refractivity contribution in [1.82, 2.24) is 0 Å². The first-order chi connectivity index (χ1) is 5.73. The molecule has 2 aliphatic carbocycles. The highest BCUT2D eigenvalue weighted by atomic mass is 35.5. The van der Waals surface area contributed by atoms with Crippen molar-refractivity contribution in [2.24, 2.45) is 5.92 Å². The number of alkyl halides is 1. The first kappa shape index (κ1) is 8.55. The molecule has 2 aliphatic rings. The lowest BCUT2D eigenvalue weighted by Crippen LogP contribution is -2.45. The van der Waals surface area contributed by atoms with Crippen molar-refractivity contribution in [3.05, 3.63) is 0 Å². The average molecular weight is 188 g/mol. The van der Waals surface area contributed by atoms with Gasteiger partial charge in [-0.25, -0.2) is 0 Å². The summed E-state index contributed by atoms with van der Waals surface area (Å²) in [5.41, 5.74) is 0. The maximum absolute atomic E-state index is 11.6. The lowest BCUT2D eigenvalue weighted by Gasteiger charge is -2.41. The predicted octanol–water partition coefficient (Wildman–Crippen LogP) is 2.91. The molecule has 0 aromatic rings. The third-order valence-electron chi connectivity index (χ3n) is 3.41. The van der Waals surface area contributed by atoms with Gasteiger partial charge in [0.05, 0.1) is 0 Å². The van der Waals surface area contributed by atoms with Crippen LogP contribution in [0.4, 0.5) is 0 Å². The van der Waals surface area contributed by atoms with Crippen LogP contribution in [-0.4, -0.2) is 10.7 Å². The molecule has 12 heavy (non-hydrogen) atoms. The van der Waals surface area contributed by atoms with E-state index in [0.717, 1.165) is 25.7 Å². The minimum Gasteiger partial charge on any atom is -0.298 e. The fourth-order valence-corrected chi connectivity index (χ4v) is 3.11. The number of rotatable bonds is 0. The van der Waals surface area contributed by atoms with Crippen LogP contribution in [0, 0.1) is 5.92 Å². The summed E-state index contributed by atoms with van der Waals surface area (Å²) in [6, 6.07) is 0. The fourth-order valence-electron chi connectivity index (χ4n) is 2.66. The molecule has 0 saturated heterocycles. The lowest BCUT2D eigenvalue weighted by atomic mass is 9.76. The zero-order valence-electron chi connectivity index (χ0n) is 7.31. The van der Waals surface area contributed by atoms with E-state index < -0.39 is 4.87 Å². The third-order valence-corrected chi connectivity index (χ3v) is 4.12. The molecular formula is C10H15ClO. The molecule has 0 amide bonds. The normalized spacial score (nSPS) is 42.4. The second-order valence-corrected chi connectivity index (χ2v) is 4.80. The maximum Gasteiger partial charge on any atom is 0.154 e. The maximum atomic E-state index is 11.6. The van der Waals surface area contributed by atoms with Crippen LogP contribution in [0.25, 0.3) is 0 Å². The number of Topliss-reactive ketones (excluding diaryl/α,β-unsaturated/α-hetero) is 1. The Morgan fingerprint density at radius 3 is 2.75 bits per heavy atom. The van der Waals surface area contributed by atoms with E-state index in [0.29, 0.717) is 11.7 Å². The number of ketones is 1. The van der Waals surface area contributed by atoms with Gasteiger partial charge in [0.15, 0.2) is 5.78 Å². The zero-order chi connectivity index (χ0) is 8.60. The minimum atomic E-state index is -0.434. The Hall–Kier alpha value is -0.0400. The molecule has 0 aromatic heterocycles. The van der Waals surface area contributed by atoms with Crippen LogP contribution >= 0.6 is 11.6 Å². The molecule has 0 radical (unpaired) electrons. The molecule has 2 fully saturated rings. The highest BCUT2D eigenvalue weighted by Gasteiger charge is 2.46. The van der Waals surface area contributed by atoms with Gasteiger partial charge >= 0.3 is 0 Å². The Morgan fingerprint density at radius 2 is 2.00 bits per heavy atom. The molecule has 2 unspecified atom stereocenters. The van der Waals surface area contributed by atoms with E-state index in [1.54, 1.807) is 0 Å². The quantitative estimate of drug-likeness (QED) is 0.421. The minimum absolute atomic E-state index is 0.320. The SMILES string of the molecule is O=[13C]1CCCC2CCCCC21Cl. The molecule has 68 valence electrons. The van der Waals surface area contributed by atoms with Gasteiger partial charge in [-0.2, -0.15) is 0 Å². The number of carbonyl (C=O) groups excluding carboxylic acids is 1. The van der Waals surface area contributed by atoms with E-state index in [-0.39, 0.29) is 0 Å². The lowest BCUT2D eigenvalue weighted by molar-refractivity contribution is -0.126. The summed E-state index contributed by atoms with van der Waals surface area (Å²) in [6.07, 6.45) is 7.48. The van der Waals surface area contributed by atoms with Crippen LogP contribution in [0.2, 0.25) is 0 Å². The van der Waals surface area contributed by atoms with Crippen molar-refractivity contribution in [3.8, 4) is 0 Å². The molecule has 2 saturated carbocycles. The van der Waals surface area contributed by atoms with Crippen molar-refractivity contribution in [1.29, 1.82) is 0 Å². The van der Waals surface area contributed by atoms with E-state index in [2.05, 4.69) is 0 Å². The highest BCUT2D eigenvalue weighted by molar-refractivity contribution is 6.35. The monoisotopic (exact) mass is 187 g/mol. The Balaban J connectivity index is 2.20. The van der Waals surface area contributed by atoms with Crippen LogP contribution < -0.4 is 0 Å². The summed E-state index contributed by atoms with van der Waals surface area (Å²) in [7, 11) is 0. The molecule has 1 nitrogen and oxygen atoms in total. The van der Waals surface area contributed by atoms with Gasteiger partial charge in [0.25, 0.3) is 0 Å². The Kier molecular flexibility index (Phi) is 2.16. The van der Waals surface area contributed by atoms with Crippen molar-refractivity contribution < 1.29 is 4.79 Å². The number of carbonyl (C=O) groups is 1. The van der Waals surface area contributed by atoms with Gasteiger partial charge in [-0.1, -0.05) is 12.8 Å². The largest absolute Gasteiger partial charge is 0.298 e. The number of hydrogen-bond donors (Lipinski definition) is 0. The summed E-state index contributed by atoms with van der Waals surface area (Å²) in [6.45, 7) is 0. The average Bonchev–Trinajstić information content (AvgIpc) is 2.07. The van der Waals surface area contributed by atoms with Crippen molar-refractivity contribution in [2.45, 2.75) is 49.8 Å². The molecule has 2 atom stereocenters. The second-order valence-electron chi connectivity index (χ2n) is 4.12. The number of hydrogen-bond acceptors (Lipinski definition) is 1. The van der Waals surface area contributed by atoms with E-state index in [9.17, 15) is 4.79 Å². The van der Waals surface area contributed by atoms with Crippen LogP contribution in [0.15, 0.2) is 0 Å². The Morgan fingerprint density at radius 1 is 1.25 bits per heavy atom. The van der Waals surface area contributed by atoms with Gasteiger partial charge in [-0.15, -0.1) is 11.6 Å². The van der Waals surface area contributed by atoms with E-state index >= 15 is 0 Å². The molecular weight excluding hydrogens is 173 g/mol. The van der Waals surface area contributed by atoms with E-state index in [4.69, 9.17) is 11.6 Å². The van der Waals surface area contributed by atoms with Gasteiger partial charge in [0.1, 0.15) is 4.87 Å². The summed E-state index contributed by atoms with van der Waals surface area (Å²) >= 11 is 6.38. The van der Waals surface area contributed by atoms with Gasteiger partial charge in [0.2, 0.25) is 0 Å². The first-order valence-corrected chi connectivity index (χ1v) is 5.33. The van der Waals surface area contributed by atoms with Crippen LogP contribution in [0.5, 0.6) is 0 Å². The molecule has 0 aliphatic heterocycles. The van der Waals surface area contributed by atoms with Gasteiger partial charge < -0.3 is 0 Å². The molecule has 2 rings (SSSR count). The van der Waals surface area contributed by atoms with Crippen molar-refractivity contribution in [3.63, 3.8) is 0 Å². The fraction of sp³-hybridized carbons (Fsp3) is 0.900. The molecule has 0 aromatic carbocycles. The zero-order valence-corrected chi connectivity index (χ0v) is 8.07. The summed E-state index contributed by atoms with van der Waals surface area (Å²) < 4.78 is 0. The third kappa shape index (κ3) is 1.19. The van der Waals surface area contributed by atoms with Gasteiger partial charge in [0, 0.05) is 6.42 Å². The predicted molar refractivity (Wildman–Crippen MR) is 49.4 cm³/mol. The molecule has 2 heteroatoms. The van der Waals surface area contributed by atoms with Gasteiger partial charge in [-0.05, 0) is 31.6 Å². The Labute approximate surface area is 78.5 Å². The van der Waals surface area contributed by atoms with Crippen LogP contribution in [0.1, 0.15) is 44.9 Å². The molecule has 0 bridgehead atoms. The molecule has 0 spiro atoms.